The summed E-state index contributed by atoms with van der Waals surface area (Å²) >= 11 is 0. The first-order chi connectivity index (χ1) is 11.8. The molecule has 3 heteroatoms. The van der Waals surface area contributed by atoms with Crippen LogP contribution in [-0.2, 0) is 4.74 Å². The first kappa shape index (κ1) is 16.6. The molecule has 2 nitrogen and oxygen atoms in total. The van der Waals surface area contributed by atoms with Crippen molar-refractivity contribution in [2.75, 3.05) is 13.2 Å². The highest BCUT2D eigenvalue weighted by atomic mass is 35.5. The van der Waals surface area contributed by atoms with Crippen LogP contribution in [0.3, 0.4) is 0 Å². The van der Waals surface area contributed by atoms with Gasteiger partial charge in [0, 0.05) is 19.3 Å². The fourth-order valence-electron chi connectivity index (χ4n) is 4.38. The molecule has 0 radical (unpaired) electrons. The Bertz CT molecular complexity index is 1010. The molecule has 0 saturated carbocycles. The molecule has 0 aromatic heterocycles. The van der Waals surface area contributed by atoms with Gasteiger partial charge in [0.25, 0.3) is 0 Å². The first-order valence-corrected chi connectivity index (χ1v) is 8.83. The summed E-state index contributed by atoms with van der Waals surface area (Å²) in [6, 6.07) is 20.1. The second-order valence-electron chi connectivity index (χ2n) is 6.99. The summed E-state index contributed by atoms with van der Waals surface area (Å²) in [5.41, 5.74) is 8.00. The van der Waals surface area contributed by atoms with E-state index in [-0.39, 0.29) is 18.4 Å². The second kappa shape index (κ2) is 6.45. The van der Waals surface area contributed by atoms with Crippen molar-refractivity contribution in [2.45, 2.75) is 18.9 Å². The van der Waals surface area contributed by atoms with Crippen molar-refractivity contribution >= 4 is 44.7 Å². The molecule has 5 rings (SSSR count). The average Bonchev–Trinajstić information content (AvgIpc) is 2.66. The molecule has 4 aromatic carbocycles. The van der Waals surface area contributed by atoms with Crippen molar-refractivity contribution in [2.24, 2.45) is 11.7 Å². The van der Waals surface area contributed by atoms with E-state index >= 15 is 0 Å². The van der Waals surface area contributed by atoms with Gasteiger partial charge in [-0.25, -0.2) is 0 Å². The minimum absolute atomic E-state index is 0. The lowest BCUT2D eigenvalue weighted by molar-refractivity contribution is 0.0585. The molecule has 2 N–H and O–H groups in total. The quantitative estimate of drug-likeness (QED) is 0.488. The highest BCUT2D eigenvalue weighted by Gasteiger charge is 2.24. The summed E-state index contributed by atoms with van der Waals surface area (Å²) in [5.74, 6) is 0.511. The van der Waals surface area contributed by atoms with Crippen LogP contribution in [0.5, 0.6) is 0 Å². The van der Waals surface area contributed by atoms with Gasteiger partial charge in [0.1, 0.15) is 0 Å². The molecular formula is C22H22ClNO. The zero-order valence-electron chi connectivity index (χ0n) is 14.1. The predicted molar refractivity (Wildman–Crippen MR) is 108 cm³/mol. The minimum Gasteiger partial charge on any atom is -0.381 e. The molecule has 25 heavy (non-hydrogen) atoms. The van der Waals surface area contributed by atoms with Crippen LogP contribution in [0, 0.1) is 5.92 Å². The van der Waals surface area contributed by atoms with Crippen molar-refractivity contribution < 1.29 is 4.74 Å². The number of hydrogen-bond acceptors (Lipinski definition) is 2. The molecule has 1 saturated heterocycles. The lowest BCUT2D eigenvalue weighted by atomic mass is 9.83. The maximum atomic E-state index is 6.71. The number of benzene rings is 4. The van der Waals surface area contributed by atoms with Crippen LogP contribution >= 0.6 is 12.4 Å². The molecule has 128 valence electrons. The maximum absolute atomic E-state index is 6.71. The number of rotatable bonds is 2. The van der Waals surface area contributed by atoms with E-state index in [9.17, 15) is 0 Å². The average molecular weight is 352 g/mol. The number of hydrogen-bond donors (Lipinski definition) is 1. The van der Waals surface area contributed by atoms with Gasteiger partial charge in [0.05, 0.1) is 0 Å². The van der Waals surface area contributed by atoms with Crippen molar-refractivity contribution in [1.29, 1.82) is 0 Å². The van der Waals surface area contributed by atoms with Gasteiger partial charge in [-0.05, 0) is 56.6 Å². The number of halogens is 1. The van der Waals surface area contributed by atoms with Gasteiger partial charge in [-0.3, -0.25) is 0 Å². The summed E-state index contributed by atoms with van der Waals surface area (Å²) in [6.07, 6.45) is 2.12. The van der Waals surface area contributed by atoms with Gasteiger partial charge in [0.2, 0.25) is 0 Å². The Labute approximate surface area is 153 Å². The maximum Gasteiger partial charge on any atom is 0.0469 e. The highest BCUT2D eigenvalue weighted by Crippen LogP contribution is 2.39. The van der Waals surface area contributed by atoms with Gasteiger partial charge in [0.15, 0.2) is 0 Å². The summed E-state index contributed by atoms with van der Waals surface area (Å²) in [5, 5.41) is 7.97. The molecule has 1 aliphatic rings. The van der Waals surface area contributed by atoms with E-state index in [4.69, 9.17) is 10.5 Å². The van der Waals surface area contributed by atoms with E-state index in [0.29, 0.717) is 5.92 Å². The van der Waals surface area contributed by atoms with Crippen LogP contribution in [0.2, 0.25) is 0 Å². The van der Waals surface area contributed by atoms with Crippen molar-refractivity contribution in [3.05, 3.63) is 60.2 Å². The zero-order valence-corrected chi connectivity index (χ0v) is 14.9. The summed E-state index contributed by atoms with van der Waals surface area (Å²) < 4.78 is 5.51. The second-order valence-corrected chi connectivity index (χ2v) is 6.99. The molecule has 0 aliphatic carbocycles. The fourth-order valence-corrected chi connectivity index (χ4v) is 4.38. The van der Waals surface area contributed by atoms with Crippen LogP contribution in [0.25, 0.3) is 32.3 Å². The molecule has 1 fully saturated rings. The van der Waals surface area contributed by atoms with E-state index < -0.39 is 0 Å². The van der Waals surface area contributed by atoms with Gasteiger partial charge in [-0.15, -0.1) is 12.4 Å². The highest BCUT2D eigenvalue weighted by molar-refractivity contribution is 6.23. The van der Waals surface area contributed by atoms with E-state index in [2.05, 4.69) is 54.6 Å². The first-order valence-electron chi connectivity index (χ1n) is 8.83. The van der Waals surface area contributed by atoms with Crippen LogP contribution in [0.4, 0.5) is 0 Å². The third-order valence-electron chi connectivity index (χ3n) is 5.70. The fraction of sp³-hybridized carbons (Fsp3) is 0.273. The summed E-state index contributed by atoms with van der Waals surface area (Å²) in [7, 11) is 0. The predicted octanol–water partition coefficient (Wildman–Crippen LogP) is 5.43. The number of ether oxygens (including phenoxy) is 1. The van der Waals surface area contributed by atoms with Crippen molar-refractivity contribution in [1.82, 2.24) is 0 Å². The topological polar surface area (TPSA) is 35.2 Å². The van der Waals surface area contributed by atoms with E-state index in [1.807, 2.05) is 0 Å². The smallest absolute Gasteiger partial charge is 0.0469 e. The molecule has 4 aromatic rings. The van der Waals surface area contributed by atoms with Crippen molar-refractivity contribution in [3.63, 3.8) is 0 Å². The molecule has 0 amide bonds. The number of nitrogens with two attached hydrogens (primary N) is 1. The normalized spacial score (nSPS) is 17.2. The molecular weight excluding hydrogens is 330 g/mol. The van der Waals surface area contributed by atoms with Gasteiger partial charge in [-0.1, -0.05) is 54.6 Å². The van der Waals surface area contributed by atoms with Crippen LogP contribution < -0.4 is 5.73 Å². The van der Waals surface area contributed by atoms with Crippen LogP contribution in [0.15, 0.2) is 54.6 Å². The Balaban J connectivity index is 0.00000157. The Hall–Kier alpha value is -1.87. The summed E-state index contributed by atoms with van der Waals surface area (Å²) in [6.45, 7) is 1.67. The van der Waals surface area contributed by atoms with Crippen LogP contribution in [0.1, 0.15) is 24.4 Å². The van der Waals surface area contributed by atoms with Crippen LogP contribution in [-0.4, -0.2) is 13.2 Å². The van der Waals surface area contributed by atoms with Crippen molar-refractivity contribution in [3.8, 4) is 0 Å². The molecule has 1 heterocycles. The van der Waals surface area contributed by atoms with E-state index in [1.165, 1.54) is 37.9 Å². The van der Waals surface area contributed by atoms with E-state index in [0.717, 1.165) is 26.1 Å². The Morgan fingerprint density at radius 3 is 2.12 bits per heavy atom. The standard InChI is InChI=1S/C22H21NO.ClH/c23-22(17-10-12-24-13-11-17)19-9-7-16-5-4-14-2-1-3-15-6-8-18(19)21(16)20(14)15;/h1-9,17,22H,10-13,23H2;1H/t22-;/m1./s1. The third kappa shape index (κ3) is 2.56. The zero-order chi connectivity index (χ0) is 16.1. The molecule has 0 spiro atoms. The lowest BCUT2D eigenvalue weighted by Gasteiger charge is -2.29. The van der Waals surface area contributed by atoms with Gasteiger partial charge < -0.3 is 10.5 Å². The SMILES string of the molecule is Cl.N[C@@H](c1ccc2ccc3cccc4ccc1c2c34)C1CCOCC1. The molecule has 0 unspecified atom stereocenters. The molecule has 1 atom stereocenters. The summed E-state index contributed by atoms with van der Waals surface area (Å²) in [4.78, 5) is 0. The van der Waals surface area contributed by atoms with Gasteiger partial charge in [-0.2, -0.15) is 0 Å². The minimum atomic E-state index is 0. The molecule has 0 bridgehead atoms. The Kier molecular flexibility index (Phi) is 4.28. The van der Waals surface area contributed by atoms with E-state index in [1.54, 1.807) is 0 Å². The van der Waals surface area contributed by atoms with Gasteiger partial charge >= 0.3 is 0 Å². The molecule has 1 aliphatic heterocycles. The Morgan fingerprint density at radius 2 is 1.40 bits per heavy atom. The Morgan fingerprint density at radius 1 is 0.800 bits per heavy atom. The largest absolute Gasteiger partial charge is 0.381 e. The monoisotopic (exact) mass is 351 g/mol. The third-order valence-corrected chi connectivity index (χ3v) is 5.70. The lowest BCUT2D eigenvalue weighted by Crippen LogP contribution is -2.27.